The Morgan fingerprint density at radius 2 is 1.04 bits per heavy atom. The van der Waals surface area contributed by atoms with E-state index in [0.717, 1.165) is 45.3 Å². The van der Waals surface area contributed by atoms with Crippen molar-refractivity contribution in [2.45, 2.75) is 27.7 Å². The zero-order valence-electron chi connectivity index (χ0n) is 16.0. The standard InChI is InChI=1S/C23H23N3.Co/c1-16-10-5-7-12-20(16)24-18(3)22-14-9-15-23(26-22)19(4)25-21-13-8-6-11-17(21)2;/h5-15H,1-4H3;/b24-18+,25-19+;. The molecule has 139 valence electrons. The summed E-state index contributed by atoms with van der Waals surface area (Å²) in [5, 5.41) is 0. The second-order valence-electron chi connectivity index (χ2n) is 6.38. The molecule has 27 heavy (non-hydrogen) atoms. The molecular weight excluding hydrogens is 377 g/mol. The van der Waals surface area contributed by atoms with E-state index in [1.165, 1.54) is 0 Å². The maximum absolute atomic E-state index is 4.76. The number of hydrogen-bond acceptors (Lipinski definition) is 3. The number of rotatable bonds is 4. The average molecular weight is 400 g/mol. The fourth-order valence-corrected chi connectivity index (χ4v) is 2.69. The van der Waals surface area contributed by atoms with Crippen molar-refractivity contribution < 1.29 is 16.8 Å². The van der Waals surface area contributed by atoms with Gasteiger partial charge in [0.25, 0.3) is 0 Å². The van der Waals surface area contributed by atoms with Crippen LogP contribution in [0.25, 0.3) is 0 Å². The van der Waals surface area contributed by atoms with Crippen molar-refractivity contribution in [1.29, 1.82) is 0 Å². The first-order valence-electron chi connectivity index (χ1n) is 8.74. The number of hydrogen-bond donors (Lipinski definition) is 0. The third kappa shape index (κ3) is 5.22. The quantitative estimate of drug-likeness (QED) is 0.497. The van der Waals surface area contributed by atoms with Crippen LogP contribution in [-0.2, 0) is 16.8 Å². The van der Waals surface area contributed by atoms with E-state index in [1.54, 1.807) is 0 Å². The molecule has 0 aliphatic carbocycles. The van der Waals surface area contributed by atoms with Gasteiger partial charge < -0.3 is 0 Å². The van der Waals surface area contributed by atoms with E-state index in [9.17, 15) is 0 Å². The molecule has 3 nitrogen and oxygen atoms in total. The number of aromatic nitrogens is 1. The van der Waals surface area contributed by atoms with Crippen LogP contribution in [0.5, 0.6) is 0 Å². The van der Waals surface area contributed by atoms with Crippen molar-refractivity contribution in [3.05, 3.63) is 89.2 Å². The number of aryl methyl sites for hydroxylation is 2. The Labute approximate surface area is 171 Å². The topological polar surface area (TPSA) is 37.6 Å². The predicted octanol–water partition coefficient (Wildman–Crippen LogP) is 5.98. The van der Waals surface area contributed by atoms with Gasteiger partial charge in [0.2, 0.25) is 0 Å². The van der Waals surface area contributed by atoms with Crippen molar-refractivity contribution in [3.63, 3.8) is 0 Å². The first kappa shape index (κ1) is 20.7. The summed E-state index contributed by atoms with van der Waals surface area (Å²) in [6, 6.07) is 22.2. The normalized spacial score (nSPS) is 11.9. The van der Waals surface area contributed by atoms with Crippen LogP contribution in [0.1, 0.15) is 36.4 Å². The van der Waals surface area contributed by atoms with Crippen LogP contribution >= 0.6 is 0 Å². The molecular formula is C23H23CoN3. The average Bonchev–Trinajstić information content (AvgIpc) is 2.65. The van der Waals surface area contributed by atoms with Crippen LogP contribution < -0.4 is 0 Å². The molecule has 0 aliphatic rings. The smallest absolute Gasteiger partial charge is 0.0849 e. The monoisotopic (exact) mass is 400 g/mol. The van der Waals surface area contributed by atoms with Gasteiger partial charge in [-0.15, -0.1) is 0 Å². The molecule has 3 rings (SSSR count). The van der Waals surface area contributed by atoms with Gasteiger partial charge in [0.1, 0.15) is 0 Å². The zero-order chi connectivity index (χ0) is 18.5. The van der Waals surface area contributed by atoms with Gasteiger partial charge in [0.15, 0.2) is 0 Å². The van der Waals surface area contributed by atoms with Crippen LogP contribution in [0.4, 0.5) is 11.4 Å². The van der Waals surface area contributed by atoms with Crippen molar-refractivity contribution in [2.75, 3.05) is 0 Å². The van der Waals surface area contributed by atoms with Crippen molar-refractivity contribution in [3.8, 4) is 0 Å². The number of benzene rings is 2. The van der Waals surface area contributed by atoms with E-state index < -0.39 is 0 Å². The maximum Gasteiger partial charge on any atom is 0.0849 e. The predicted molar refractivity (Wildman–Crippen MR) is 110 cm³/mol. The van der Waals surface area contributed by atoms with Gasteiger partial charge in [-0.05, 0) is 63.1 Å². The molecule has 0 N–H and O–H groups in total. The molecule has 4 heteroatoms. The number of pyridine rings is 1. The molecule has 0 spiro atoms. The molecule has 0 fully saturated rings. The van der Waals surface area contributed by atoms with E-state index in [2.05, 4.69) is 26.0 Å². The molecule has 0 atom stereocenters. The van der Waals surface area contributed by atoms with Crippen LogP contribution in [0, 0.1) is 13.8 Å². The summed E-state index contributed by atoms with van der Waals surface area (Å²) < 4.78 is 0. The molecule has 0 amide bonds. The molecule has 0 aliphatic heterocycles. The molecule has 0 unspecified atom stereocenters. The van der Waals surface area contributed by atoms with Crippen molar-refractivity contribution in [1.82, 2.24) is 4.98 Å². The number of nitrogens with zero attached hydrogens (tertiary/aromatic N) is 3. The SMILES string of the molecule is C/C(=N\c1ccccc1C)c1cccc(/C(C)=N/c2ccccc2C)n1.[Co]. The Kier molecular flexibility index (Phi) is 7.22. The van der Waals surface area contributed by atoms with Gasteiger partial charge in [0.05, 0.1) is 34.2 Å². The van der Waals surface area contributed by atoms with Crippen LogP contribution in [0.3, 0.4) is 0 Å². The van der Waals surface area contributed by atoms with Gasteiger partial charge in [-0.2, -0.15) is 0 Å². The second-order valence-corrected chi connectivity index (χ2v) is 6.38. The van der Waals surface area contributed by atoms with Crippen LogP contribution in [0.2, 0.25) is 0 Å². The summed E-state index contributed by atoms with van der Waals surface area (Å²) in [6.07, 6.45) is 0. The minimum Gasteiger partial charge on any atom is -0.251 e. The minimum absolute atomic E-state index is 0. The first-order valence-corrected chi connectivity index (χ1v) is 8.74. The van der Waals surface area contributed by atoms with Gasteiger partial charge in [-0.25, -0.2) is 4.98 Å². The van der Waals surface area contributed by atoms with Crippen LogP contribution in [-0.4, -0.2) is 16.4 Å². The van der Waals surface area contributed by atoms with Gasteiger partial charge >= 0.3 is 0 Å². The molecule has 0 saturated heterocycles. The molecule has 1 radical (unpaired) electrons. The van der Waals surface area contributed by atoms with E-state index >= 15 is 0 Å². The third-order valence-electron chi connectivity index (χ3n) is 4.30. The Morgan fingerprint density at radius 3 is 1.44 bits per heavy atom. The summed E-state index contributed by atoms with van der Waals surface area (Å²) in [7, 11) is 0. The molecule has 3 aromatic rings. The van der Waals surface area contributed by atoms with Crippen molar-refractivity contribution >= 4 is 22.8 Å². The summed E-state index contributed by atoms with van der Waals surface area (Å²) in [5.74, 6) is 0. The molecule has 1 heterocycles. The fourth-order valence-electron chi connectivity index (χ4n) is 2.69. The molecule has 0 saturated carbocycles. The van der Waals surface area contributed by atoms with E-state index in [4.69, 9.17) is 15.0 Å². The van der Waals surface area contributed by atoms with Gasteiger partial charge in [-0.1, -0.05) is 42.5 Å². The summed E-state index contributed by atoms with van der Waals surface area (Å²) in [5.41, 5.74) is 7.77. The Balaban J connectivity index is 0.00000261. The number of para-hydroxylation sites is 2. The maximum atomic E-state index is 4.76. The van der Waals surface area contributed by atoms with E-state index in [0.29, 0.717) is 0 Å². The third-order valence-corrected chi connectivity index (χ3v) is 4.30. The summed E-state index contributed by atoms with van der Waals surface area (Å²) in [6.45, 7) is 8.11. The first-order chi connectivity index (χ1) is 12.5. The fraction of sp³-hybridized carbons (Fsp3) is 0.174. The zero-order valence-corrected chi connectivity index (χ0v) is 17.1. The number of aliphatic imine (C=N–C) groups is 2. The van der Waals surface area contributed by atoms with Gasteiger partial charge in [0, 0.05) is 16.8 Å². The van der Waals surface area contributed by atoms with E-state index in [1.807, 2.05) is 68.4 Å². The molecule has 2 aromatic carbocycles. The minimum atomic E-state index is 0. The molecule has 0 bridgehead atoms. The summed E-state index contributed by atoms with van der Waals surface area (Å²) >= 11 is 0. The second kappa shape index (κ2) is 9.40. The Morgan fingerprint density at radius 1 is 0.630 bits per heavy atom. The largest absolute Gasteiger partial charge is 0.251 e. The Bertz CT molecular complexity index is 913. The summed E-state index contributed by atoms with van der Waals surface area (Å²) in [4.78, 5) is 14.2. The Hall–Kier alpha value is -2.56. The molecule has 1 aromatic heterocycles. The van der Waals surface area contributed by atoms with Crippen molar-refractivity contribution in [2.24, 2.45) is 9.98 Å². The van der Waals surface area contributed by atoms with E-state index in [-0.39, 0.29) is 16.8 Å². The van der Waals surface area contributed by atoms with Gasteiger partial charge in [-0.3, -0.25) is 9.98 Å². The van der Waals surface area contributed by atoms with Crippen LogP contribution in [0.15, 0.2) is 76.7 Å².